The predicted molar refractivity (Wildman–Crippen MR) is 137 cm³/mol. The van der Waals surface area contributed by atoms with Crippen molar-refractivity contribution in [2.75, 3.05) is 0 Å². The maximum absolute atomic E-state index is 6.57. The standard InChI is InChI=1S/C31H34N2O/c1-3-16-24(17-4-1)29-30(25-18-5-2-6-19-25)34-31(33-29)27-21-11-20-26(32-27)28(22-12-7-8-13-22)23-14-9-10-15-23/h1-6,11,16-23,28-30H,7-10,12-15H2/t29-,30+/m0/s1. The molecule has 0 spiro atoms. The fourth-order valence-electron chi connectivity index (χ4n) is 6.59. The van der Waals surface area contributed by atoms with Crippen LogP contribution in [0.5, 0.6) is 0 Å². The van der Waals surface area contributed by atoms with Gasteiger partial charge < -0.3 is 4.74 Å². The molecule has 34 heavy (non-hydrogen) atoms. The first-order valence-electron chi connectivity index (χ1n) is 13.2. The van der Waals surface area contributed by atoms with Gasteiger partial charge in [0.2, 0.25) is 5.90 Å². The molecule has 6 rings (SSSR count). The lowest BCUT2D eigenvalue weighted by molar-refractivity contribution is 0.196. The maximum atomic E-state index is 6.57. The Morgan fingerprint density at radius 2 is 1.24 bits per heavy atom. The molecule has 2 saturated carbocycles. The van der Waals surface area contributed by atoms with E-state index in [-0.39, 0.29) is 12.1 Å². The molecule has 3 aromatic rings. The molecule has 0 unspecified atom stereocenters. The molecule has 1 aliphatic heterocycles. The number of aromatic nitrogens is 1. The van der Waals surface area contributed by atoms with Gasteiger partial charge in [0.1, 0.15) is 11.7 Å². The SMILES string of the molecule is c1ccc([C@H]2OC(c3cccc(C(C4CCCC4)C4CCCC4)n3)=N[C@H]2c2ccccc2)cc1. The molecule has 1 aromatic heterocycles. The summed E-state index contributed by atoms with van der Waals surface area (Å²) in [6.07, 6.45) is 10.8. The normalized spacial score (nSPS) is 23.4. The average Bonchev–Trinajstić information content (AvgIpc) is 3.68. The number of hydrogen-bond acceptors (Lipinski definition) is 3. The highest BCUT2D eigenvalue weighted by Crippen LogP contribution is 2.47. The number of hydrogen-bond donors (Lipinski definition) is 0. The zero-order valence-corrected chi connectivity index (χ0v) is 19.9. The van der Waals surface area contributed by atoms with Gasteiger partial charge in [0, 0.05) is 11.6 Å². The van der Waals surface area contributed by atoms with E-state index in [0.717, 1.165) is 23.1 Å². The summed E-state index contributed by atoms with van der Waals surface area (Å²) in [5, 5.41) is 0. The van der Waals surface area contributed by atoms with Gasteiger partial charge in [0.15, 0.2) is 6.10 Å². The van der Waals surface area contributed by atoms with Gasteiger partial charge in [-0.05, 0) is 60.8 Å². The molecule has 3 heteroatoms. The molecule has 2 fully saturated rings. The zero-order chi connectivity index (χ0) is 22.7. The quantitative estimate of drug-likeness (QED) is 0.384. The van der Waals surface area contributed by atoms with Crippen LogP contribution in [-0.4, -0.2) is 10.9 Å². The van der Waals surface area contributed by atoms with Crippen molar-refractivity contribution in [3.63, 3.8) is 0 Å². The molecule has 0 N–H and O–H groups in total. The third kappa shape index (κ3) is 4.29. The summed E-state index contributed by atoms with van der Waals surface area (Å²) >= 11 is 0. The molecule has 0 amide bonds. The third-order valence-corrected chi connectivity index (χ3v) is 8.20. The summed E-state index contributed by atoms with van der Waals surface area (Å²) in [6.45, 7) is 0. The molecule has 2 atom stereocenters. The molecule has 0 bridgehead atoms. The van der Waals surface area contributed by atoms with E-state index in [1.54, 1.807) is 0 Å². The van der Waals surface area contributed by atoms with Gasteiger partial charge in [0.05, 0.1) is 0 Å². The molecule has 3 nitrogen and oxygen atoms in total. The van der Waals surface area contributed by atoms with E-state index in [0.29, 0.717) is 11.8 Å². The Bertz CT molecular complexity index is 1100. The highest BCUT2D eigenvalue weighted by atomic mass is 16.5. The number of pyridine rings is 1. The lowest BCUT2D eigenvalue weighted by Crippen LogP contribution is -2.20. The first-order valence-corrected chi connectivity index (χ1v) is 13.2. The largest absolute Gasteiger partial charge is 0.465 e. The average molecular weight is 451 g/mol. The Kier molecular flexibility index (Phi) is 6.18. The van der Waals surface area contributed by atoms with Crippen LogP contribution in [-0.2, 0) is 4.74 Å². The molecular formula is C31H34N2O. The van der Waals surface area contributed by atoms with Crippen LogP contribution in [0.4, 0.5) is 0 Å². The summed E-state index contributed by atoms with van der Waals surface area (Å²) in [5.41, 5.74) is 4.48. The van der Waals surface area contributed by atoms with Crippen molar-refractivity contribution in [3.05, 3.63) is 101 Å². The van der Waals surface area contributed by atoms with E-state index >= 15 is 0 Å². The van der Waals surface area contributed by atoms with Gasteiger partial charge in [-0.1, -0.05) is 92.4 Å². The van der Waals surface area contributed by atoms with Crippen LogP contribution < -0.4 is 0 Å². The smallest absolute Gasteiger partial charge is 0.236 e. The van der Waals surface area contributed by atoms with Gasteiger partial charge >= 0.3 is 0 Å². The van der Waals surface area contributed by atoms with Crippen molar-refractivity contribution in [2.45, 2.75) is 69.4 Å². The monoisotopic (exact) mass is 450 g/mol. The van der Waals surface area contributed by atoms with E-state index in [9.17, 15) is 0 Å². The Morgan fingerprint density at radius 3 is 1.85 bits per heavy atom. The highest BCUT2D eigenvalue weighted by Gasteiger charge is 2.37. The Labute approximate surface area is 203 Å². The second-order valence-corrected chi connectivity index (χ2v) is 10.3. The summed E-state index contributed by atoms with van der Waals surface area (Å²) in [7, 11) is 0. The summed E-state index contributed by atoms with van der Waals surface area (Å²) in [6, 6.07) is 27.4. The maximum Gasteiger partial charge on any atom is 0.236 e. The van der Waals surface area contributed by atoms with Gasteiger partial charge in [0.25, 0.3) is 0 Å². The van der Waals surface area contributed by atoms with Crippen molar-refractivity contribution in [3.8, 4) is 0 Å². The van der Waals surface area contributed by atoms with E-state index < -0.39 is 0 Å². The highest BCUT2D eigenvalue weighted by molar-refractivity contribution is 5.93. The first-order chi connectivity index (χ1) is 16.9. The molecule has 3 aliphatic rings. The first kappa shape index (κ1) is 21.6. The Hall–Kier alpha value is -2.94. The molecule has 0 radical (unpaired) electrons. The lowest BCUT2D eigenvalue weighted by atomic mass is 9.77. The summed E-state index contributed by atoms with van der Waals surface area (Å²) < 4.78 is 6.57. The van der Waals surface area contributed by atoms with Gasteiger partial charge in [-0.15, -0.1) is 0 Å². The van der Waals surface area contributed by atoms with E-state index in [1.807, 2.05) is 0 Å². The zero-order valence-electron chi connectivity index (χ0n) is 19.9. The molecule has 174 valence electrons. The second-order valence-electron chi connectivity index (χ2n) is 10.3. The number of rotatable bonds is 6. The molecule has 0 saturated heterocycles. The van der Waals surface area contributed by atoms with Crippen LogP contribution >= 0.6 is 0 Å². The van der Waals surface area contributed by atoms with Crippen LogP contribution in [0.3, 0.4) is 0 Å². The minimum atomic E-state index is -0.135. The minimum Gasteiger partial charge on any atom is -0.465 e. The molecule has 2 aliphatic carbocycles. The van der Waals surface area contributed by atoms with Gasteiger partial charge in [-0.25, -0.2) is 9.98 Å². The van der Waals surface area contributed by atoms with Gasteiger partial charge in [-0.3, -0.25) is 0 Å². The Balaban J connectivity index is 1.35. The number of ether oxygens (including phenoxy) is 1. The predicted octanol–water partition coefficient (Wildman–Crippen LogP) is 7.81. The van der Waals surface area contributed by atoms with Crippen molar-refractivity contribution in [2.24, 2.45) is 16.8 Å². The molecule has 2 aromatic carbocycles. The fourth-order valence-corrected chi connectivity index (χ4v) is 6.59. The van der Waals surface area contributed by atoms with Crippen LogP contribution in [0, 0.1) is 11.8 Å². The van der Waals surface area contributed by atoms with Crippen molar-refractivity contribution in [1.29, 1.82) is 0 Å². The fraction of sp³-hybridized carbons (Fsp3) is 0.419. The topological polar surface area (TPSA) is 34.5 Å². The Morgan fingerprint density at radius 1 is 0.647 bits per heavy atom. The number of nitrogens with zero attached hydrogens (tertiary/aromatic N) is 2. The van der Waals surface area contributed by atoms with E-state index in [2.05, 4.69) is 78.9 Å². The second kappa shape index (κ2) is 9.74. The van der Waals surface area contributed by atoms with Crippen molar-refractivity contribution >= 4 is 5.90 Å². The van der Waals surface area contributed by atoms with Crippen LogP contribution in [0.15, 0.2) is 83.9 Å². The van der Waals surface area contributed by atoms with Crippen LogP contribution in [0.1, 0.15) is 91.9 Å². The molecular weight excluding hydrogens is 416 g/mol. The molecule has 2 heterocycles. The van der Waals surface area contributed by atoms with E-state index in [4.69, 9.17) is 14.7 Å². The van der Waals surface area contributed by atoms with Crippen LogP contribution in [0.25, 0.3) is 0 Å². The van der Waals surface area contributed by atoms with Crippen molar-refractivity contribution < 1.29 is 4.74 Å². The number of aliphatic imine (C=N–C) groups is 1. The number of benzene rings is 2. The minimum absolute atomic E-state index is 0.0653. The summed E-state index contributed by atoms with van der Waals surface area (Å²) in [5.74, 6) is 2.83. The lowest BCUT2D eigenvalue weighted by Gasteiger charge is -2.29. The van der Waals surface area contributed by atoms with Gasteiger partial charge in [-0.2, -0.15) is 0 Å². The van der Waals surface area contributed by atoms with E-state index in [1.165, 1.54) is 62.6 Å². The van der Waals surface area contributed by atoms with Crippen LogP contribution in [0.2, 0.25) is 0 Å². The van der Waals surface area contributed by atoms with Crippen molar-refractivity contribution in [1.82, 2.24) is 4.98 Å². The third-order valence-electron chi connectivity index (χ3n) is 8.20. The summed E-state index contributed by atoms with van der Waals surface area (Å²) in [4.78, 5) is 10.4.